The van der Waals surface area contributed by atoms with E-state index in [4.69, 9.17) is 0 Å². The molecule has 0 atom stereocenters. The monoisotopic (exact) mass is 304 g/mol. The number of hydrogen-bond donors (Lipinski definition) is 0. The number of alkyl halides is 3. The highest BCUT2D eigenvalue weighted by atomic mass is 32.2. The van der Waals surface area contributed by atoms with Crippen LogP contribution in [0.15, 0.2) is 35.4 Å². The Kier molecular flexibility index (Phi) is 3.41. The molecule has 0 saturated heterocycles. The van der Waals surface area contributed by atoms with Crippen LogP contribution in [0.5, 0.6) is 0 Å². The predicted octanol–water partition coefficient (Wildman–Crippen LogP) is 1.79. The molecule has 0 bridgehead atoms. The standard InChI is InChI=1S/C13H11F3O3S/c1-8(2)11-7-9-5-3-4-6-10(9)12(11)19-20(17,18)13(14,15)16/h3-7H,1-2H3. The third-order valence-electron chi connectivity index (χ3n) is 2.77. The lowest BCUT2D eigenvalue weighted by atomic mass is 10.1. The normalized spacial score (nSPS) is 14.8. The van der Waals surface area contributed by atoms with E-state index in [1.165, 1.54) is 6.07 Å². The molecular formula is C13H11F3O3S. The van der Waals surface area contributed by atoms with Gasteiger partial charge in [0.1, 0.15) is 0 Å². The zero-order valence-corrected chi connectivity index (χ0v) is 11.5. The van der Waals surface area contributed by atoms with Crippen molar-refractivity contribution in [3.8, 4) is 0 Å². The average molecular weight is 304 g/mol. The van der Waals surface area contributed by atoms with Crippen LogP contribution in [-0.2, 0) is 14.3 Å². The summed E-state index contributed by atoms with van der Waals surface area (Å²) in [4.78, 5) is 0. The van der Waals surface area contributed by atoms with Crippen molar-refractivity contribution in [2.45, 2.75) is 19.4 Å². The van der Waals surface area contributed by atoms with E-state index < -0.39 is 15.6 Å². The molecule has 2 rings (SSSR count). The molecule has 1 aromatic rings. The summed E-state index contributed by atoms with van der Waals surface area (Å²) in [6.45, 7) is 3.34. The average Bonchev–Trinajstić information content (AvgIpc) is 2.67. The fourth-order valence-electron chi connectivity index (χ4n) is 1.81. The Morgan fingerprint density at radius 3 is 2.30 bits per heavy atom. The van der Waals surface area contributed by atoms with Crippen LogP contribution in [0.4, 0.5) is 13.2 Å². The second kappa shape index (κ2) is 4.66. The molecule has 0 aromatic heterocycles. The Hall–Kier alpha value is -1.76. The Balaban J connectivity index is 2.68. The molecule has 108 valence electrons. The van der Waals surface area contributed by atoms with Gasteiger partial charge in [0.2, 0.25) is 0 Å². The van der Waals surface area contributed by atoms with Crippen LogP contribution >= 0.6 is 0 Å². The van der Waals surface area contributed by atoms with Crippen LogP contribution in [0.25, 0.3) is 11.8 Å². The Labute approximate surface area is 113 Å². The summed E-state index contributed by atoms with van der Waals surface area (Å²) in [6.07, 6.45) is 1.60. The third kappa shape index (κ3) is 2.45. The molecule has 0 radical (unpaired) electrons. The van der Waals surface area contributed by atoms with Gasteiger partial charge in [0, 0.05) is 10.8 Å². The molecule has 0 aliphatic heterocycles. The van der Waals surface area contributed by atoms with E-state index in [0.29, 0.717) is 21.6 Å². The molecule has 1 aliphatic rings. The maximum absolute atomic E-state index is 12.4. The van der Waals surface area contributed by atoms with Gasteiger partial charge in [-0.05, 0) is 25.1 Å². The van der Waals surface area contributed by atoms with Crippen molar-refractivity contribution in [1.29, 1.82) is 0 Å². The van der Waals surface area contributed by atoms with Gasteiger partial charge >= 0.3 is 15.6 Å². The van der Waals surface area contributed by atoms with E-state index in [0.717, 1.165) is 0 Å². The zero-order chi connectivity index (χ0) is 15.1. The Bertz CT molecular complexity index is 798. The second-order valence-corrected chi connectivity index (χ2v) is 6.00. The number of benzene rings is 1. The minimum atomic E-state index is -5.68. The molecule has 3 nitrogen and oxygen atoms in total. The summed E-state index contributed by atoms with van der Waals surface area (Å²) in [5.74, 6) is -0.280. The molecule has 1 aromatic carbocycles. The van der Waals surface area contributed by atoms with Crippen molar-refractivity contribution in [2.24, 2.45) is 0 Å². The van der Waals surface area contributed by atoms with E-state index in [9.17, 15) is 21.6 Å². The van der Waals surface area contributed by atoms with E-state index in [1.54, 1.807) is 38.1 Å². The minimum absolute atomic E-state index is 0.280. The summed E-state index contributed by atoms with van der Waals surface area (Å²) in [6, 6.07) is 6.50. The highest BCUT2D eigenvalue weighted by Gasteiger charge is 2.49. The van der Waals surface area contributed by atoms with Crippen LogP contribution in [0.1, 0.15) is 13.8 Å². The molecule has 0 saturated carbocycles. The smallest absolute Gasteiger partial charge is 0.375 e. The van der Waals surface area contributed by atoms with Crippen molar-refractivity contribution >= 4 is 22.0 Å². The lowest BCUT2D eigenvalue weighted by molar-refractivity contribution is -0.0509. The van der Waals surface area contributed by atoms with E-state index in [2.05, 4.69) is 4.18 Å². The maximum Gasteiger partial charge on any atom is 0.534 e. The quantitative estimate of drug-likeness (QED) is 0.618. The highest BCUT2D eigenvalue weighted by Crippen LogP contribution is 2.30. The molecule has 0 amide bonds. The van der Waals surface area contributed by atoms with Gasteiger partial charge < -0.3 is 4.18 Å². The first-order valence-corrected chi connectivity index (χ1v) is 7.04. The molecule has 0 N–H and O–H groups in total. The largest absolute Gasteiger partial charge is 0.534 e. The van der Waals surface area contributed by atoms with Gasteiger partial charge in [-0.1, -0.05) is 29.8 Å². The fourth-order valence-corrected chi connectivity index (χ4v) is 2.31. The third-order valence-corrected chi connectivity index (χ3v) is 3.72. The molecule has 1 aliphatic carbocycles. The van der Waals surface area contributed by atoms with Crippen molar-refractivity contribution in [3.05, 3.63) is 45.8 Å². The van der Waals surface area contributed by atoms with Crippen molar-refractivity contribution < 1.29 is 25.8 Å². The number of hydrogen-bond acceptors (Lipinski definition) is 3. The van der Waals surface area contributed by atoms with Gasteiger partial charge in [0.25, 0.3) is 0 Å². The maximum atomic E-state index is 12.4. The summed E-state index contributed by atoms with van der Waals surface area (Å²) in [5.41, 5.74) is -4.45. The van der Waals surface area contributed by atoms with Crippen molar-refractivity contribution in [1.82, 2.24) is 0 Å². The lowest BCUT2D eigenvalue weighted by Crippen LogP contribution is -2.28. The van der Waals surface area contributed by atoms with Crippen molar-refractivity contribution in [3.63, 3.8) is 0 Å². The minimum Gasteiger partial charge on any atom is -0.375 e. The molecular weight excluding hydrogens is 293 g/mol. The van der Waals surface area contributed by atoms with Gasteiger partial charge in [0.15, 0.2) is 5.76 Å². The van der Waals surface area contributed by atoms with Crippen LogP contribution in [0, 0.1) is 0 Å². The topological polar surface area (TPSA) is 43.4 Å². The number of halogens is 3. The molecule has 7 heteroatoms. The second-order valence-electron chi connectivity index (χ2n) is 4.46. The van der Waals surface area contributed by atoms with Gasteiger partial charge in [-0.2, -0.15) is 21.6 Å². The molecule has 20 heavy (non-hydrogen) atoms. The Morgan fingerprint density at radius 1 is 1.15 bits per heavy atom. The van der Waals surface area contributed by atoms with Gasteiger partial charge in [0.05, 0.1) is 0 Å². The molecule has 0 spiro atoms. The number of fused-ring (bicyclic) bond motifs is 1. The van der Waals surface area contributed by atoms with Crippen LogP contribution in [0.2, 0.25) is 0 Å². The number of rotatable bonds is 2. The van der Waals surface area contributed by atoms with Crippen molar-refractivity contribution in [2.75, 3.05) is 0 Å². The van der Waals surface area contributed by atoms with E-state index in [1.807, 2.05) is 0 Å². The summed E-state index contributed by atoms with van der Waals surface area (Å²) < 4.78 is 64.0. The van der Waals surface area contributed by atoms with E-state index >= 15 is 0 Å². The van der Waals surface area contributed by atoms with Gasteiger partial charge in [-0.15, -0.1) is 0 Å². The highest BCUT2D eigenvalue weighted by molar-refractivity contribution is 7.87. The fraction of sp³-hybridized carbons (Fsp3) is 0.231. The van der Waals surface area contributed by atoms with Crippen LogP contribution < -0.4 is 10.4 Å². The van der Waals surface area contributed by atoms with E-state index in [-0.39, 0.29) is 5.76 Å². The van der Waals surface area contributed by atoms with Crippen LogP contribution in [-0.4, -0.2) is 13.9 Å². The van der Waals surface area contributed by atoms with Crippen LogP contribution in [0.3, 0.4) is 0 Å². The summed E-state index contributed by atoms with van der Waals surface area (Å²) in [7, 11) is -5.68. The summed E-state index contributed by atoms with van der Waals surface area (Å²) in [5, 5.41) is 0.951. The van der Waals surface area contributed by atoms with Gasteiger partial charge in [-0.3, -0.25) is 0 Å². The SMILES string of the molecule is CC(C)=C1C=c2ccccc2=C1OS(=O)(=O)C(F)(F)F. The molecule has 0 heterocycles. The molecule has 0 unspecified atom stereocenters. The first-order valence-electron chi connectivity index (χ1n) is 5.63. The predicted molar refractivity (Wildman–Crippen MR) is 68.0 cm³/mol. The molecule has 0 fully saturated rings. The first kappa shape index (κ1) is 14.6. The number of allylic oxidation sites excluding steroid dienone is 1. The summed E-state index contributed by atoms with van der Waals surface area (Å²) >= 11 is 0. The van der Waals surface area contributed by atoms with Gasteiger partial charge in [-0.25, -0.2) is 0 Å². The lowest BCUT2D eigenvalue weighted by Gasteiger charge is -2.12. The Morgan fingerprint density at radius 2 is 1.75 bits per heavy atom. The first-order chi connectivity index (χ1) is 9.13. The zero-order valence-electron chi connectivity index (χ0n) is 10.7.